The average Bonchev–Trinajstić information content (AvgIpc) is 2.43. The highest BCUT2D eigenvalue weighted by Crippen LogP contribution is 2.03. The van der Waals surface area contributed by atoms with Crippen LogP contribution in [0.1, 0.15) is 42.6 Å². The van der Waals surface area contributed by atoms with Crippen LogP contribution in [0.5, 0.6) is 0 Å². The summed E-state index contributed by atoms with van der Waals surface area (Å²) in [6.07, 6.45) is 2.17. The molecule has 0 aliphatic carbocycles. The number of benzene rings is 1. The predicted octanol–water partition coefficient (Wildman–Crippen LogP) is 2.85. The second-order valence-electron chi connectivity index (χ2n) is 4.86. The third kappa shape index (κ3) is 5.88. The van der Waals surface area contributed by atoms with Gasteiger partial charge in [-0.25, -0.2) is 0 Å². The first-order valence-corrected chi connectivity index (χ1v) is 7.24. The topological polar surface area (TPSA) is 32.3 Å². The minimum Gasteiger partial charge on any atom is -0.352 e. The van der Waals surface area contributed by atoms with Crippen LogP contribution >= 0.6 is 0 Å². The zero-order chi connectivity index (χ0) is 14.1. The number of hydrogen-bond donors (Lipinski definition) is 1. The van der Waals surface area contributed by atoms with E-state index in [4.69, 9.17) is 0 Å². The maximum Gasteiger partial charge on any atom is 0.251 e. The van der Waals surface area contributed by atoms with E-state index in [1.807, 2.05) is 31.2 Å². The summed E-state index contributed by atoms with van der Waals surface area (Å²) in [4.78, 5) is 14.2. The maximum atomic E-state index is 11.8. The molecular weight excluding hydrogens is 236 g/mol. The monoisotopic (exact) mass is 262 g/mol. The van der Waals surface area contributed by atoms with Crippen LogP contribution in [-0.2, 0) is 0 Å². The number of hydrogen-bond acceptors (Lipinski definition) is 2. The molecule has 3 nitrogen and oxygen atoms in total. The summed E-state index contributed by atoms with van der Waals surface area (Å²) in [6, 6.07) is 7.69. The molecule has 0 atom stereocenters. The van der Waals surface area contributed by atoms with Crippen LogP contribution in [0.3, 0.4) is 0 Å². The fourth-order valence-electron chi connectivity index (χ4n) is 2.01. The second kappa shape index (κ2) is 8.70. The molecule has 0 bridgehead atoms. The smallest absolute Gasteiger partial charge is 0.251 e. The number of aryl methyl sites for hydroxylation is 1. The standard InChI is InChI=1S/C16H26N2O/c1-4-18(5-2)13-7-6-12-17-16(19)15-10-8-14(3)9-11-15/h8-11H,4-7,12-13H2,1-3H3,(H,17,19). The van der Waals surface area contributed by atoms with Crippen molar-refractivity contribution in [3.63, 3.8) is 0 Å². The lowest BCUT2D eigenvalue weighted by molar-refractivity contribution is 0.0952. The Morgan fingerprint density at radius 3 is 2.32 bits per heavy atom. The minimum atomic E-state index is 0.0304. The molecule has 0 aliphatic heterocycles. The molecule has 1 N–H and O–H groups in total. The summed E-state index contributed by atoms with van der Waals surface area (Å²) in [5.41, 5.74) is 1.92. The van der Waals surface area contributed by atoms with Crippen LogP contribution in [0, 0.1) is 6.92 Å². The summed E-state index contributed by atoms with van der Waals surface area (Å²) < 4.78 is 0. The number of carbonyl (C=O) groups excluding carboxylic acids is 1. The van der Waals surface area contributed by atoms with Crippen molar-refractivity contribution < 1.29 is 4.79 Å². The lowest BCUT2D eigenvalue weighted by atomic mass is 10.1. The Labute approximate surface area is 117 Å². The Morgan fingerprint density at radius 1 is 1.11 bits per heavy atom. The Hall–Kier alpha value is -1.35. The van der Waals surface area contributed by atoms with E-state index in [-0.39, 0.29) is 5.91 Å². The van der Waals surface area contributed by atoms with Crippen LogP contribution < -0.4 is 5.32 Å². The number of nitrogens with one attached hydrogen (secondary N) is 1. The summed E-state index contributed by atoms with van der Waals surface area (Å²) in [6.45, 7) is 10.5. The molecule has 1 amide bonds. The van der Waals surface area contributed by atoms with Crippen LogP contribution in [0.25, 0.3) is 0 Å². The molecule has 106 valence electrons. The molecule has 0 spiro atoms. The summed E-state index contributed by atoms with van der Waals surface area (Å²) in [5.74, 6) is 0.0304. The fourth-order valence-corrected chi connectivity index (χ4v) is 2.01. The third-order valence-electron chi connectivity index (χ3n) is 3.39. The van der Waals surface area contributed by atoms with Crippen LogP contribution in [-0.4, -0.2) is 37.0 Å². The van der Waals surface area contributed by atoms with Gasteiger partial charge in [-0.2, -0.15) is 0 Å². The molecule has 19 heavy (non-hydrogen) atoms. The van der Waals surface area contributed by atoms with Crippen molar-refractivity contribution in [1.29, 1.82) is 0 Å². The van der Waals surface area contributed by atoms with Gasteiger partial charge in [0.2, 0.25) is 0 Å². The number of amides is 1. The molecule has 3 heteroatoms. The highest BCUT2D eigenvalue weighted by atomic mass is 16.1. The van der Waals surface area contributed by atoms with E-state index < -0.39 is 0 Å². The molecule has 0 aromatic heterocycles. The summed E-state index contributed by atoms with van der Waals surface area (Å²) in [7, 11) is 0. The Morgan fingerprint density at radius 2 is 1.74 bits per heavy atom. The normalized spacial score (nSPS) is 10.7. The summed E-state index contributed by atoms with van der Waals surface area (Å²) >= 11 is 0. The first kappa shape index (κ1) is 15.7. The van der Waals surface area contributed by atoms with Gasteiger partial charge >= 0.3 is 0 Å². The van der Waals surface area contributed by atoms with Crippen molar-refractivity contribution in [2.45, 2.75) is 33.6 Å². The van der Waals surface area contributed by atoms with Gasteiger partial charge in [-0.05, 0) is 51.5 Å². The lowest BCUT2D eigenvalue weighted by Gasteiger charge is -2.17. The van der Waals surface area contributed by atoms with Crippen LogP contribution in [0.15, 0.2) is 24.3 Å². The molecule has 0 radical (unpaired) electrons. The zero-order valence-corrected chi connectivity index (χ0v) is 12.4. The third-order valence-corrected chi connectivity index (χ3v) is 3.39. The van der Waals surface area contributed by atoms with E-state index in [1.54, 1.807) is 0 Å². The molecule has 1 aromatic carbocycles. The Kier molecular flexibility index (Phi) is 7.19. The Balaban J connectivity index is 2.19. The summed E-state index contributed by atoms with van der Waals surface area (Å²) in [5, 5.41) is 2.97. The van der Waals surface area contributed by atoms with Crippen molar-refractivity contribution in [2.75, 3.05) is 26.2 Å². The number of unbranched alkanes of at least 4 members (excludes halogenated alkanes) is 1. The van der Waals surface area contributed by atoms with E-state index in [9.17, 15) is 4.79 Å². The zero-order valence-electron chi connectivity index (χ0n) is 12.4. The molecule has 0 saturated carbocycles. The minimum absolute atomic E-state index is 0.0304. The van der Waals surface area contributed by atoms with Crippen molar-refractivity contribution in [2.24, 2.45) is 0 Å². The van der Waals surface area contributed by atoms with Gasteiger partial charge in [0, 0.05) is 12.1 Å². The van der Waals surface area contributed by atoms with E-state index in [2.05, 4.69) is 24.1 Å². The van der Waals surface area contributed by atoms with Gasteiger partial charge in [0.25, 0.3) is 5.91 Å². The van der Waals surface area contributed by atoms with E-state index in [0.29, 0.717) is 0 Å². The molecule has 0 heterocycles. The molecular formula is C16H26N2O. The second-order valence-corrected chi connectivity index (χ2v) is 4.86. The quantitative estimate of drug-likeness (QED) is 0.731. The van der Waals surface area contributed by atoms with Gasteiger partial charge in [0.1, 0.15) is 0 Å². The van der Waals surface area contributed by atoms with Gasteiger partial charge in [0.05, 0.1) is 0 Å². The molecule has 0 fully saturated rings. The predicted molar refractivity (Wildman–Crippen MR) is 80.5 cm³/mol. The molecule has 0 saturated heterocycles. The van der Waals surface area contributed by atoms with Crippen molar-refractivity contribution in [3.8, 4) is 0 Å². The van der Waals surface area contributed by atoms with E-state index >= 15 is 0 Å². The molecule has 0 aliphatic rings. The highest BCUT2D eigenvalue weighted by Gasteiger charge is 2.04. The Bertz CT molecular complexity index is 369. The first-order valence-electron chi connectivity index (χ1n) is 7.24. The molecule has 0 unspecified atom stereocenters. The van der Waals surface area contributed by atoms with Gasteiger partial charge in [-0.3, -0.25) is 4.79 Å². The maximum absolute atomic E-state index is 11.8. The number of carbonyl (C=O) groups is 1. The van der Waals surface area contributed by atoms with Crippen LogP contribution in [0.2, 0.25) is 0 Å². The fraction of sp³-hybridized carbons (Fsp3) is 0.562. The number of nitrogens with zero attached hydrogens (tertiary/aromatic N) is 1. The molecule has 1 rings (SSSR count). The molecule has 1 aromatic rings. The van der Waals surface area contributed by atoms with Gasteiger partial charge in [-0.15, -0.1) is 0 Å². The van der Waals surface area contributed by atoms with Crippen molar-refractivity contribution in [3.05, 3.63) is 35.4 Å². The first-order chi connectivity index (χ1) is 9.17. The van der Waals surface area contributed by atoms with E-state index in [0.717, 1.165) is 44.6 Å². The van der Waals surface area contributed by atoms with Gasteiger partial charge < -0.3 is 10.2 Å². The number of rotatable bonds is 8. The van der Waals surface area contributed by atoms with E-state index in [1.165, 1.54) is 5.56 Å². The van der Waals surface area contributed by atoms with Crippen LogP contribution in [0.4, 0.5) is 0 Å². The van der Waals surface area contributed by atoms with Crippen molar-refractivity contribution in [1.82, 2.24) is 10.2 Å². The largest absolute Gasteiger partial charge is 0.352 e. The van der Waals surface area contributed by atoms with Crippen molar-refractivity contribution >= 4 is 5.91 Å². The SMILES string of the molecule is CCN(CC)CCCCNC(=O)c1ccc(C)cc1. The lowest BCUT2D eigenvalue weighted by Crippen LogP contribution is -2.27. The van der Waals surface area contributed by atoms with Gasteiger partial charge in [-0.1, -0.05) is 31.5 Å². The van der Waals surface area contributed by atoms with Gasteiger partial charge in [0.15, 0.2) is 0 Å². The average molecular weight is 262 g/mol. The highest BCUT2D eigenvalue weighted by molar-refractivity contribution is 5.94.